The van der Waals surface area contributed by atoms with Gasteiger partial charge in [0.25, 0.3) is 0 Å². The van der Waals surface area contributed by atoms with Crippen molar-refractivity contribution in [1.29, 1.82) is 0 Å². The van der Waals surface area contributed by atoms with Gasteiger partial charge >= 0.3 is 6.03 Å². The number of rotatable bonds is 4. The summed E-state index contributed by atoms with van der Waals surface area (Å²) in [6.45, 7) is 0. The maximum atomic E-state index is 13.6. The number of halogens is 2. The Hall–Kier alpha value is -2.44. The van der Waals surface area contributed by atoms with Crippen LogP contribution in [0.25, 0.3) is 0 Å². The highest BCUT2D eigenvalue weighted by molar-refractivity contribution is 7.08. The molecule has 0 aliphatic carbocycles. The minimum Gasteiger partial charge on any atom is -0.327 e. The molecule has 0 aliphatic rings. The van der Waals surface area contributed by atoms with Crippen LogP contribution in [0.5, 0.6) is 0 Å². The SMILES string of the molecule is O=C(Nc1cccnc1F)NC(c1ccc(Cl)cc1)c1ccsc1. The molecule has 122 valence electrons. The Morgan fingerprint density at radius 1 is 1.17 bits per heavy atom. The van der Waals surface area contributed by atoms with Crippen molar-refractivity contribution in [2.75, 3.05) is 5.32 Å². The van der Waals surface area contributed by atoms with E-state index < -0.39 is 12.0 Å². The van der Waals surface area contributed by atoms with E-state index >= 15 is 0 Å². The number of amides is 2. The van der Waals surface area contributed by atoms with Crippen molar-refractivity contribution in [1.82, 2.24) is 10.3 Å². The Balaban J connectivity index is 1.81. The van der Waals surface area contributed by atoms with E-state index in [-0.39, 0.29) is 11.7 Å². The van der Waals surface area contributed by atoms with Crippen LogP contribution in [0.3, 0.4) is 0 Å². The lowest BCUT2D eigenvalue weighted by molar-refractivity contribution is 0.250. The van der Waals surface area contributed by atoms with Crippen molar-refractivity contribution in [2.45, 2.75) is 6.04 Å². The molecule has 1 aromatic carbocycles. The fourth-order valence-electron chi connectivity index (χ4n) is 2.22. The van der Waals surface area contributed by atoms with Crippen LogP contribution in [-0.2, 0) is 0 Å². The van der Waals surface area contributed by atoms with Crippen molar-refractivity contribution in [3.8, 4) is 0 Å². The summed E-state index contributed by atoms with van der Waals surface area (Å²) in [5.41, 5.74) is 1.83. The topological polar surface area (TPSA) is 54.0 Å². The molecule has 3 aromatic rings. The second-order valence-electron chi connectivity index (χ2n) is 4.98. The highest BCUT2D eigenvalue weighted by Gasteiger charge is 2.18. The van der Waals surface area contributed by atoms with E-state index in [1.807, 2.05) is 29.0 Å². The Morgan fingerprint density at radius 3 is 2.62 bits per heavy atom. The summed E-state index contributed by atoms with van der Waals surface area (Å²) in [7, 11) is 0. The zero-order chi connectivity index (χ0) is 16.9. The lowest BCUT2D eigenvalue weighted by Gasteiger charge is -2.19. The van der Waals surface area contributed by atoms with Crippen LogP contribution >= 0.6 is 22.9 Å². The highest BCUT2D eigenvalue weighted by atomic mass is 35.5. The van der Waals surface area contributed by atoms with Gasteiger partial charge in [-0.2, -0.15) is 15.7 Å². The van der Waals surface area contributed by atoms with Crippen LogP contribution < -0.4 is 10.6 Å². The molecule has 3 rings (SSSR count). The molecule has 0 bridgehead atoms. The van der Waals surface area contributed by atoms with Gasteiger partial charge in [0.1, 0.15) is 0 Å². The summed E-state index contributed by atoms with van der Waals surface area (Å²) in [5, 5.41) is 9.82. The number of thiophene rings is 1. The lowest BCUT2D eigenvalue weighted by atomic mass is 10.0. The van der Waals surface area contributed by atoms with E-state index in [0.717, 1.165) is 11.1 Å². The number of carbonyl (C=O) groups is 1. The van der Waals surface area contributed by atoms with E-state index in [1.54, 1.807) is 18.2 Å². The molecule has 2 aromatic heterocycles. The molecule has 0 saturated carbocycles. The summed E-state index contributed by atoms with van der Waals surface area (Å²) in [4.78, 5) is 15.8. The van der Waals surface area contributed by atoms with Gasteiger partial charge in [0.15, 0.2) is 0 Å². The molecule has 2 N–H and O–H groups in total. The molecule has 24 heavy (non-hydrogen) atoms. The first-order chi connectivity index (χ1) is 11.6. The number of aromatic nitrogens is 1. The van der Waals surface area contributed by atoms with Crippen molar-refractivity contribution >= 4 is 34.7 Å². The van der Waals surface area contributed by atoms with Gasteiger partial charge in [-0.3, -0.25) is 0 Å². The molecule has 1 atom stereocenters. The molecule has 2 heterocycles. The number of urea groups is 1. The third-order valence-electron chi connectivity index (χ3n) is 3.36. The van der Waals surface area contributed by atoms with Gasteiger partial charge in [-0.15, -0.1) is 0 Å². The minimum absolute atomic E-state index is 0.0233. The van der Waals surface area contributed by atoms with Gasteiger partial charge in [-0.05, 0) is 52.2 Å². The summed E-state index contributed by atoms with van der Waals surface area (Å²) >= 11 is 7.46. The molecule has 4 nitrogen and oxygen atoms in total. The van der Waals surface area contributed by atoms with Crippen molar-refractivity contribution in [2.24, 2.45) is 0 Å². The molecule has 0 fully saturated rings. The van der Waals surface area contributed by atoms with E-state index in [1.165, 1.54) is 23.6 Å². The third-order valence-corrected chi connectivity index (χ3v) is 4.32. The summed E-state index contributed by atoms with van der Waals surface area (Å²) in [5.74, 6) is -0.730. The first-order valence-corrected chi connectivity index (χ1v) is 8.41. The van der Waals surface area contributed by atoms with E-state index in [0.29, 0.717) is 5.02 Å². The molecular weight excluding hydrogens is 349 g/mol. The molecule has 0 spiro atoms. The third kappa shape index (κ3) is 3.90. The minimum atomic E-state index is -0.730. The predicted octanol–water partition coefficient (Wildman–Crippen LogP) is 4.85. The Kier molecular flexibility index (Phi) is 5.08. The number of benzene rings is 1. The molecule has 0 aliphatic heterocycles. The summed E-state index contributed by atoms with van der Waals surface area (Å²) in [6.07, 6.45) is 1.32. The fraction of sp³-hybridized carbons (Fsp3) is 0.0588. The van der Waals surface area contributed by atoms with Crippen molar-refractivity contribution in [3.63, 3.8) is 0 Å². The van der Waals surface area contributed by atoms with Crippen molar-refractivity contribution in [3.05, 3.63) is 81.5 Å². The van der Waals surface area contributed by atoms with E-state index in [9.17, 15) is 9.18 Å². The highest BCUT2D eigenvalue weighted by Crippen LogP contribution is 2.25. The van der Waals surface area contributed by atoms with E-state index in [2.05, 4.69) is 15.6 Å². The zero-order valence-corrected chi connectivity index (χ0v) is 13.9. The maximum Gasteiger partial charge on any atom is 0.320 e. The van der Waals surface area contributed by atoms with Gasteiger partial charge < -0.3 is 10.6 Å². The average molecular weight is 362 g/mol. The van der Waals surface area contributed by atoms with Crippen LogP contribution in [0.1, 0.15) is 17.2 Å². The van der Waals surface area contributed by atoms with Gasteiger partial charge in [-0.1, -0.05) is 23.7 Å². The summed E-state index contributed by atoms with van der Waals surface area (Å²) in [6, 6.07) is 11.2. The van der Waals surface area contributed by atoms with Crippen LogP contribution in [0.15, 0.2) is 59.4 Å². The second-order valence-corrected chi connectivity index (χ2v) is 6.20. The molecule has 7 heteroatoms. The Labute approximate surface area is 147 Å². The van der Waals surface area contributed by atoms with Gasteiger partial charge in [0, 0.05) is 11.2 Å². The largest absolute Gasteiger partial charge is 0.327 e. The number of nitrogens with one attached hydrogen (secondary N) is 2. The Bertz CT molecular complexity index is 824. The van der Waals surface area contributed by atoms with Crippen LogP contribution in [0.2, 0.25) is 5.02 Å². The van der Waals surface area contributed by atoms with Gasteiger partial charge in [-0.25, -0.2) is 9.78 Å². The fourth-order valence-corrected chi connectivity index (χ4v) is 3.03. The van der Waals surface area contributed by atoms with Crippen LogP contribution in [-0.4, -0.2) is 11.0 Å². The molecule has 0 radical (unpaired) electrons. The van der Waals surface area contributed by atoms with E-state index in [4.69, 9.17) is 11.6 Å². The zero-order valence-electron chi connectivity index (χ0n) is 12.4. The monoisotopic (exact) mass is 361 g/mol. The number of hydrogen-bond donors (Lipinski definition) is 2. The maximum absolute atomic E-state index is 13.6. The Morgan fingerprint density at radius 2 is 1.96 bits per heavy atom. The molecular formula is C17H13ClFN3OS. The average Bonchev–Trinajstić information content (AvgIpc) is 3.10. The van der Waals surface area contributed by atoms with Crippen LogP contribution in [0, 0.1) is 5.95 Å². The molecule has 0 saturated heterocycles. The summed E-state index contributed by atoms with van der Waals surface area (Å²) < 4.78 is 13.6. The smallest absolute Gasteiger partial charge is 0.320 e. The first-order valence-electron chi connectivity index (χ1n) is 7.09. The van der Waals surface area contributed by atoms with Crippen LogP contribution in [0.4, 0.5) is 14.9 Å². The van der Waals surface area contributed by atoms with Gasteiger partial charge in [0.2, 0.25) is 5.95 Å². The van der Waals surface area contributed by atoms with Crippen molar-refractivity contribution < 1.29 is 9.18 Å². The lowest BCUT2D eigenvalue weighted by Crippen LogP contribution is -2.33. The number of pyridine rings is 1. The number of carbonyl (C=O) groups excluding carboxylic acids is 1. The quantitative estimate of drug-likeness (QED) is 0.653. The first kappa shape index (κ1) is 16.4. The molecule has 1 unspecified atom stereocenters. The van der Waals surface area contributed by atoms with Gasteiger partial charge in [0.05, 0.1) is 11.7 Å². The molecule has 2 amide bonds. The standard InChI is InChI=1S/C17H13ClFN3OS/c18-13-5-3-11(4-6-13)15(12-7-9-24-10-12)22-17(23)21-14-2-1-8-20-16(14)19/h1-10,15H,(H2,21,22,23). The normalized spacial score (nSPS) is 11.8. The number of nitrogens with zero attached hydrogens (tertiary/aromatic N) is 1. The number of hydrogen-bond acceptors (Lipinski definition) is 3. The second kappa shape index (κ2) is 7.42. The predicted molar refractivity (Wildman–Crippen MR) is 94.0 cm³/mol. The number of anilines is 1.